The molecule has 216 valence electrons. The Kier molecular flexibility index (Phi) is 8.75. The predicted molar refractivity (Wildman–Crippen MR) is 175 cm³/mol. The number of hydrogen-bond acceptors (Lipinski definition) is 3. The number of nitrogens with zero attached hydrogens (tertiary/aromatic N) is 2. The molecule has 2 aromatic rings. The molecule has 0 aromatic heterocycles. The summed E-state index contributed by atoms with van der Waals surface area (Å²) in [6.07, 6.45) is 14.1. The molecule has 4 N–H and O–H groups in total. The van der Waals surface area contributed by atoms with E-state index in [1.54, 1.807) is 0 Å². The summed E-state index contributed by atoms with van der Waals surface area (Å²) in [4.78, 5) is 2.45. The molecule has 0 unspecified atom stereocenters. The largest absolute Gasteiger partial charge is 0.344 e. The quantitative estimate of drug-likeness (QED) is 0.306. The highest BCUT2D eigenvalue weighted by Crippen LogP contribution is 2.48. The minimum Gasteiger partial charge on any atom is -0.344 e. The second-order valence-corrected chi connectivity index (χ2v) is 12.9. The fourth-order valence-electron chi connectivity index (χ4n) is 6.83. The van der Waals surface area contributed by atoms with Crippen molar-refractivity contribution in [2.24, 2.45) is 11.5 Å². The molecule has 0 saturated heterocycles. The van der Waals surface area contributed by atoms with Crippen LogP contribution in [0.1, 0.15) is 70.9 Å². The van der Waals surface area contributed by atoms with E-state index in [-0.39, 0.29) is 10.8 Å². The van der Waals surface area contributed by atoms with Gasteiger partial charge < -0.3 is 16.4 Å². The van der Waals surface area contributed by atoms with Crippen molar-refractivity contribution < 1.29 is 4.58 Å². The van der Waals surface area contributed by atoms with E-state index in [1.807, 2.05) is 0 Å². The first-order chi connectivity index (χ1) is 19.7. The van der Waals surface area contributed by atoms with Gasteiger partial charge in [0.25, 0.3) is 0 Å². The number of nitrogens with two attached hydrogens (primary N) is 2. The minimum atomic E-state index is -0.0808. The van der Waals surface area contributed by atoms with Gasteiger partial charge in [0, 0.05) is 52.5 Å². The maximum absolute atomic E-state index is 7.14. The van der Waals surface area contributed by atoms with Crippen molar-refractivity contribution in [3.8, 4) is 0 Å². The topological polar surface area (TPSA) is 58.3 Å². The molecule has 2 aromatic carbocycles. The molecule has 0 amide bonds. The average Bonchev–Trinajstić information content (AvgIpc) is 3.32. The molecular formula is C36H46ClN4+. The Balaban J connectivity index is 1.48. The first-order valence-corrected chi connectivity index (χ1v) is 15.6. The van der Waals surface area contributed by atoms with Crippen LogP contribution in [0, 0.1) is 0 Å². The highest BCUT2D eigenvalue weighted by molar-refractivity contribution is 6.32. The first-order valence-electron chi connectivity index (χ1n) is 15.2. The number of allylic oxidation sites excluding steroid dienone is 8. The number of para-hydroxylation sites is 2. The van der Waals surface area contributed by atoms with Gasteiger partial charge in [-0.1, -0.05) is 74.0 Å². The highest BCUT2D eigenvalue weighted by atomic mass is 35.5. The van der Waals surface area contributed by atoms with Gasteiger partial charge >= 0.3 is 0 Å². The highest BCUT2D eigenvalue weighted by Gasteiger charge is 2.44. The zero-order valence-electron chi connectivity index (χ0n) is 25.2. The molecule has 2 heterocycles. The molecule has 5 heteroatoms. The first kappa shape index (κ1) is 29.6. The molecule has 5 rings (SSSR count). The monoisotopic (exact) mass is 569 g/mol. The zero-order chi connectivity index (χ0) is 29.2. The Bertz CT molecular complexity index is 1450. The van der Waals surface area contributed by atoms with Gasteiger partial charge in [-0.05, 0) is 81.5 Å². The van der Waals surface area contributed by atoms with E-state index in [0.29, 0.717) is 13.1 Å². The molecule has 0 radical (unpaired) electrons. The van der Waals surface area contributed by atoms with Crippen LogP contribution in [0.3, 0.4) is 0 Å². The third-order valence-corrected chi connectivity index (χ3v) is 9.60. The number of anilines is 1. The molecular weight excluding hydrogens is 524 g/mol. The van der Waals surface area contributed by atoms with Gasteiger partial charge in [-0.15, -0.1) is 0 Å². The molecule has 3 aliphatic rings. The number of hydrogen-bond donors (Lipinski definition) is 2. The summed E-state index contributed by atoms with van der Waals surface area (Å²) in [7, 11) is 0. The summed E-state index contributed by atoms with van der Waals surface area (Å²) >= 11 is 7.14. The number of halogens is 1. The van der Waals surface area contributed by atoms with E-state index >= 15 is 0 Å². The second-order valence-electron chi connectivity index (χ2n) is 12.5. The van der Waals surface area contributed by atoms with E-state index in [9.17, 15) is 0 Å². The molecule has 0 bridgehead atoms. The SMILES string of the molecule is CC1(C)C(/C=C/C2=C(Cl)C(=C/C=C3/N(CCCN)c4ccccc4C3(C)C)/CCC2)=[N+](CCCN)c2ccccc21. The Morgan fingerprint density at radius 2 is 1.56 bits per heavy atom. The van der Waals surface area contributed by atoms with Crippen molar-refractivity contribution in [2.75, 3.05) is 31.1 Å². The lowest BCUT2D eigenvalue weighted by Crippen LogP contribution is -2.28. The third kappa shape index (κ3) is 5.50. The molecule has 0 fully saturated rings. The van der Waals surface area contributed by atoms with Gasteiger partial charge in [0.1, 0.15) is 0 Å². The maximum Gasteiger partial charge on any atom is 0.209 e. The van der Waals surface area contributed by atoms with E-state index in [4.69, 9.17) is 23.1 Å². The van der Waals surface area contributed by atoms with Crippen LogP contribution in [-0.2, 0) is 10.8 Å². The molecule has 41 heavy (non-hydrogen) atoms. The summed E-state index contributed by atoms with van der Waals surface area (Å²) in [5.41, 5.74) is 22.0. The predicted octanol–water partition coefficient (Wildman–Crippen LogP) is 7.60. The number of fused-ring (bicyclic) bond motifs is 2. The standard InChI is InChI=1S/C36H46ClN4/c1-35(2)28-14-5-7-16-30(28)40(24-10-22-38)32(35)20-18-26-12-9-13-27(34(26)37)19-21-33-36(3,4)29-15-6-8-17-31(29)41(33)25-11-23-39/h5-8,14-21H,9-13,22-25,38-39H2,1-4H3/q+1. The van der Waals surface area contributed by atoms with Crippen molar-refractivity contribution in [1.82, 2.24) is 0 Å². The second kappa shape index (κ2) is 12.1. The van der Waals surface area contributed by atoms with Crippen LogP contribution in [0.15, 0.2) is 94.7 Å². The normalized spacial score (nSPS) is 21.5. The lowest BCUT2D eigenvalue weighted by atomic mass is 9.81. The number of benzene rings is 2. The summed E-state index contributed by atoms with van der Waals surface area (Å²) in [6.45, 7) is 12.5. The van der Waals surface area contributed by atoms with Crippen LogP contribution in [0.4, 0.5) is 11.4 Å². The van der Waals surface area contributed by atoms with Gasteiger partial charge in [0.2, 0.25) is 5.69 Å². The summed E-state index contributed by atoms with van der Waals surface area (Å²) < 4.78 is 2.45. The Morgan fingerprint density at radius 1 is 0.854 bits per heavy atom. The van der Waals surface area contributed by atoms with E-state index in [2.05, 4.69) is 110 Å². The minimum absolute atomic E-state index is 0.0808. The molecule has 2 aliphatic heterocycles. The molecule has 0 atom stereocenters. The van der Waals surface area contributed by atoms with Crippen molar-refractivity contribution in [3.05, 3.63) is 106 Å². The zero-order valence-corrected chi connectivity index (χ0v) is 26.0. The Morgan fingerprint density at radius 3 is 2.32 bits per heavy atom. The Hall–Kier alpha value is -2.92. The number of rotatable bonds is 9. The van der Waals surface area contributed by atoms with Gasteiger partial charge in [-0.2, -0.15) is 4.58 Å². The van der Waals surface area contributed by atoms with Crippen LogP contribution < -0.4 is 16.4 Å². The smallest absolute Gasteiger partial charge is 0.209 e. The van der Waals surface area contributed by atoms with Gasteiger partial charge in [-0.25, -0.2) is 0 Å². The molecule has 0 spiro atoms. The summed E-state index contributed by atoms with van der Waals surface area (Å²) in [5.74, 6) is 0. The van der Waals surface area contributed by atoms with E-state index in [0.717, 1.165) is 50.2 Å². The average molecular weight is 570 g/mol. The van der Waals surface area contributed by atoms with Crippen LogP contribution in [0.2, 0.25) is 0 Å². The van der Waals surface area contributed by atoms with E-state index in [1.165, 1.54) is 45.1 Å². The summed E-state index contributed by atoms with van der Waals surface area (Å²) in [6, 6.07) is 17.5. The fourth-order valence-corrected chi connectivity index (χ4v) is 7.14. The Labute approximate surface area is 251 Å². The van der Waals surface area contributed by atoms with Gasteiger partial charge in [-0.3, -0.25) is 0 Å². The van der Waals surface area contributed by atoms with Crippen molar-refractivity contribution in [3.63, 3.8) is 0 Å². The van der Waals surface area contributed by atoms with Gasteiger partial charge in [0.15, 0.2) is 12.3 Å². The third-order valence-electron chi connectivity index (χ3n) is 9.11. The lowest BCUT2D eigenvalue weighted by molar-refractivity contribution is -0.437. The van der Waals surface area contributed by atoms with Crippen molar-refractivity contribution >= 4 is 28.7 Å². The molecule has 1 aliphatic carbocycles. The maximum atomic E-state index is 7.14. The van der Waals surface area contributed by atoms with Crippen LogP contribution in [0.25, 0.3) is 0 Å². The van der Waals surface area contributed by atoms with Crippen LogP contribution >= 0.6 is 11.6 Å². The van der Waals surface area contributed by atoms with Crippen LogP contribution in [-0.4, -0.2) is 36.5 Å². The molecule has 0 saturated carbocycles. The van der Waals surface area contributed by atoms with Gasteiger partial charge in [0.05, 0.1) is 5.41 Å². The molecule has 4 nitrogen and oxygen atoms in total. The van der Waals surface area contributed by atoms with Crippen molar-refractivity contribution in [2.45, 2.75) is 70.6 Å². The van der Waals surface area contributed by atoms with E-state index < -0.39 is 0 Å². The van der Waals surface area contributed by atoms with Crippen molar-refractivity contribution in [1.29, 1.82) is 0 Å². The van der Waals surface area contributed by atoms with Crippen LogP contribution in [0.5, 0.6) is 0 Å². The fraction of sp³-hybridized carbons (Fsp3) is 0.417. The summed E-state index contributed by atoms with van der Waals surface area (Å²) in [5, 5.41) is 0.897. The lowest BCUT2D eigenvalue weighted by Gasteiger charge is -2.27.